The maximum atomic E-state index is 10.3. The molecule has 4 nitrogen and oxygen atoms in total. The summed E-state index contributed by atoms with van der Waals surface area (Å²) in [7, 11) is 0. The molecule has 0 saturated carbocycles. The first-order valence-corrected chi connectivity index (χ1v) is 4.73. The third kappa shape index (κ3) is 4.46. The van der Waals surface area contributed by atoms with E-state index >= 15 is 0 Å². The quantitative estimate of drug-likeness (QED) is 0.699. The number of carboxylic acid groups (broad SMARTS) is 1. The molecule has 1 aromatic rings. The third-order valence-corrected chi connectivity index (χ3v) is 2.05. The Kier molecular flexibility index (Phi) is 3.68. The molecule has 82 valence electrons. The van der Waals surface area contributed by atoms with E-state index in [-0.39, 0.29) is 6.54 Å². The van der Waals surface area contributed by atoms with Gasteiger partial charge in [-0.2, -0.15) is 0 Å². The van der Waals surface area contributed by atoms with Crippen molar-refractivity contribution in [3.63, 3.8) is 0 Å². The number of hydrogen-bond acceptors (Lipinski definition) is 2. The van der Waals surface area contributed by atoms with Crippen molar-refractivity contribution in [3.8, 4) is 0 Å². The molecule has 3 N–H and O–H groups in total. The van der Waals surface area contributed by atoms with Gasteiger partial charge in [0.25, 0.3) is 0 Å². The second kappa shape index (κ2) is 4.79. The molecule has 4 heteroatoms. The molecule has 1 rings (SSSR count). The summed E-state index contributed by atoms with van der Waals surface area (Å²) >= 11 is 0. The molecule has 0 aliphatic heterocycles. The van der Waals surface area contributed by atoms with Gasteiger partial charge in [-0.1, -0.05) is 30.3 Å². The molecule has 0 aromatic heterocycles. The van der Waals surface area contributed by atoms with Crippen LogP contribution in [0.15, 0.2) is 30.3 Å². The minimum Gasteiger partial charge on any atom is -0.465 e. The highest BCUT2D eigenvalue weighted by atomic mass is 16.4. The lowest BCUT2D eigenvalue weighted by molar-refractivity contribution is 0.0596. The molecule has 0 spiro atoms. The van der Waals surface area contributed by atoms with Gasteiger partial charge in [0.1, 0.15) is 0 Å². The van der Waals surface area contributed by atoms with Gasteiger partial charge >= 0.3 is 6.09 Å². The van der Waals surface area contributed by atoms with Crippen LogP contribution in [0.2, 0.25) is 0 Å². The number of amides is 1. The van der Waals surface area contributed by atoms with E-state index in [0.717, 1.165) is 5.56 Å². The van der Waals surface area contributed by atoms with Crippen LogP contribution in [0.4, 0.5) is 4.79 Å². The summed E-state index contributed by atoms with van der Waals surface area (Å²) in [6.07, 6.45) is -0.697. The second-order valence-corrected chi connectivity index (χ2v) is 3.82. The highest BCUT2D eigenvalue weighted by Gasteiger charge is 2.21. The predicted octanol–water partition coefficient (Wildman–Crippen LogP) is 1.25. The number of rotatable bonds is 4. The smallest absolute Gasteiger partial charge is 0.404 e. The van der Waals surface area contributed by atoms with Crippen molar-refractivity contribution in [3.05, 3.63) is 35.9 Å². The van der Waals surface area contributed by atoms with Gasteiger partial charge in [-0.15, -0.1) is 0 Å². The molecular weight excluding hydrogens is 194 g/mol. The number of nitrogens with one attached hydrogen (secondary N) is 1. The summed E-state index contributed by atoms with van der Waals surface area (Å²) in [6.45, 7) is 1.63. The van der Waals surface area contributed by atoms with Crippen LogP contribution in [0.1, 0.15) is 12.5 Å². The normalized spacial score (nSPS) is 14.3. The maximum absolute atomic E-state index is 10.3. The Bertz CT molecular complexity index is 322. The van der Waals surface area contributed by atoms with Crippen LogP contribution in [0, 0.1) is 0 Å². The van der Waals surface area contributed by atoms with E-state index in [2.05, 4.69) is 5.32 Å². The van der Waals surface area contributed by atoms with E-state index in [9.17, 15) is 9.90 Å². The number of benzene rings is 1. The summed E-state index contributed by atoms with van der Waals surface area (Å²) in [5.74, 6) is 0. The fourth-order valence-corrected chi connectivity index (χ4v) is 1.36. The summed E-state index contributed by atoms with van der Waals surface area (Å²) in [6, 6.07) is 9.46. The molecule has 15 heavy (non-hydrogen) atoms. The molecule has 0 bridgehead atoms. The summed E-state index contributed by atoms with van der Waals surface area (Å²) in [5, 5.41) is 20.5. The van der Waals surface area contributed by atoms with Crippen LogP contribution in [-0.4, -0.2) is 28.5 Å². The van der Waals surface area contributed by atoms with Gasteiger partial charge < -0.3 is 15.5 Å². The van der Waals surface area contributed by atoms with E-state index in [1.54, 1.807) is 6.92 Å². The van der Waals surface area contributed by atoms with E-state index in [1.807, 2.05) is 30.3 Å². The van der Waals surface area contributed by atoms with Gasteiger partial charge in [-0.3, -0.25) is 0 Å². The van der Waals surface area contributed by atoms with Gasteiger partial charge in [-0.25, -0.2) is 4.79 Å². The molecule has 0 fully saturated rings. The van der Waals surface area contributed by atoms with Crippen molar-refractivity contribution >= 4 is 6.09 Å². The molecule has 1 atom stereocenters. The topological polar surface area (TPSA) is 69.6 Å². The Labute approximate surface area is 88.6 Å². The fourth-order valence-electron chi connectivity index (χ4n) is 1.36. The SMILES string of the molecule is CC(O)(CNC(=O)O)Cc1ccccc1. The summed E-state index contributed by atoms with van der Waals surface area (Å²) in [4.78, 5) is 10.3. The number of hydrogen-bond donors (Lipinski definition) is 3. The largest absolute Gasteiger partial charge is 0.465 e. The molecule has 0 aliphatic rings. The summed E-state index contributed by atoms with van der Waals surface area (Å²) < 4.78 is 0. The molecular formula is C11H15NO3. The number of carbonyl (C=O) groups is 1. The van der Waals surface area contributed by atoms with Crippen LogP contribution < -0.4 is 5.32 Å². The monoisotopic (exact) mass is 209 g/mol. The molecule has 0 aliphatic carbocycles. The summed E-state index contributed by atoms with van der Waals surface area (Å²) in [5.41, 5.74) is -0.0746. The van der Waals surface area contributed by atoms with Gasteiger partial charge in [0.2, 0.25) is 0 Å². The van der Waals surface area contributed by atoms with Crippen molar-refractivity contribution in [2.75, 3.05) is 6.54 Å². The Morgan fingerprint density at radius 1 is 1.40 bits per heavy atom. The lowest BCUT2D eigenvalue weighted by Gasteiger charge is -2.22. The zero-order valence-electron chi connectivity index (χ0n) is 8.60. The average Bonchev–Trinajstić information content (AvgIpc) is 2.16. The molecule has 0 saturated heterocycles. The Balaban J connectivity index is 2.52. The van der Waals surface area contributed by atoms with Crippen LogP contribution in [0.25, 0.3) is 0 Å². The van der Waals surface area contributed by atoms with Crippen molar-refractivity contribution in [1.29, 1.82) is 0 Å². The zero-order chi connectivity index (χ0) is 11.3. The van der Waals surface area contributed by atoms with E-state index in [1.165, 1.54) is 0 Å². The van der Waals surface area contributed by atoms with Crippen LogP contribution >= 0.6 is 0 Å². The highest BCUT2D eigenvalue weighted by molar-refractivity contribution is 5.64. The van der Waals surface area contributed by atoms with Crippen LogP contribution in [-0.2, 0) is 6.42 Å². The Morgan fingerprint density at radius 3 is 2.53 bits per heavy atom. The van der Waals surface area contributed by atoms with Gasteiger partial charge in [0, 0.05) is 13.0 Å². The zero-order valence-corrected chi connectivity index (χ0v) is 8.60. The molecule has 1 amide bonds. The molecule has 0 radical (unpaired) electrons. The minimum absolute atomic E-state index is 0.0250. The van der Waals surface area contributed by atoms with E-state index < -0.39 is 11.7 Å². The second-order valence-electron chi connectivity index (χ2n) is 3.82. The highest BCUT2D eigenvalue weighted by Crippen LogP contribution is 2.11. The van der Waals surface area contributed by atoms with Crippen molar-refractivity contribution in [1.82, 2.24) is 5.32 Å². The first kappa shape index (κ1) is 11.5. The lowest BCUT2D eigenvalue weighted by Crippen LogP contribution is -2.41. The molecule has 1 unspecified atom stereocenters. The Hall–Kier alpha value is -1.55. The maximum Gasteiger partial charge on any atom is 0.404 e. The average molecular weight is 209 g/mol. The minimum atomic E-state index is -1.12. The lowest BCUT2D eigenvalue weighted by atomic mass is 9.97. The standard InChI is InChI=1S/C11H15NO3/c1-11(15,8-12-10(13)14)7-9-5-3-2-4-6-9/h2-6,12,15H,7-8H2,1H3,(H,13,14). The van der Waals surface area contributed by atoms with Crippen LogP contribution in [0.5, 0.6) is 0 Å². The van der Waals surface area contributed by atoms with E-state index in [0.29, 0.717) is 6.42 Å². The molecule has 0 heterocycles. The first-order chi connectivity index (χ1) is 6.99. The third-order valence-electron chi connectivity index (χ3n) is 2.05. The van der Waals surface area contributed by atoms with E-state index in [4.69, 9.17) is 5.11 Å². The Morgan fingerprint density at radius 2 is 2.00 bits per heavy atom. The van der Waals surface area contributed by atoms with Crippen molar-refractivity contribution in [2.45, 2.75) is 18.9 Å². The van der Waals surface area contributed by atoms with Crippen LogP contribution in [0.3, 0.4) is 0 Å². The molecule has 1 aromatic carbocycles. The van der Waals surface area contributed by atoms with Gasteiger partial charge in [0.15, 0.2) is 0 Å². The predicted molar refractivity (Wildman–Crippen MR) is 56.8 cm³/mol. The van der Waals surface area contributed by atoms with Crippen molar-refractivity contribution in [2.24, 2.45) is 0 Å². The first-order valence-electron chi connectivity index (χ1n) is 4.73. The van der Waals surface area contributed by atoms with Crippen molar-refractivity contribution < 1.29 is 15.0 Å². The fraction of sp³-hybridized carbons (Fsp3) is 0.364. The number of aliphatic hydroxyl groups is 1. The van der Waals surface area contributed by atoms with Gasteiger partial charge in [0.05, 0.1) is 5.60 Å². The van der Waals surface area contributed by atoms with Gasteiger partial charge in [-0.05, 0) is 12.5 Å².